The number of hydrogen-bond acceptors (Lipinski definition) is 1. The second-order valence-corrected chi connectivity index (χ2v) is 11.3. The molecule has 1 saturated carbocycles. The first-order valence-electron chi connectivity index (χ1n) is 14.6. The molecule has 0 saturated heterocycles. The first-order chi connectivity index (χ1) is 21.0. The highest BCUT2D eigenvalue weighted by Gasteiger charge is 2.41. The zero-order chi connectivity index (χ0) is 31.6. The van der Waals surface area contributed by atoms with Gasteiger partial charge in [0.2, 0.25) is 0 Å². The van der Waals surface area contributed by atoms with E-state index >= 15 is 4.39 Å². The van der Waals surface area contributed by atoms with Gasteiger partial charge in [0.25, 0.3) is 0 Å². The molecule has 0 spiro atoms. The van der Waals surface area contributed by atoms with Gasteiger partial charge in [-0.15, -0.1) is 0 Å². The Hall–Kier alpha value is -3.88. The van der Waals surface area contributed by atoms with E-state index in [-0.39, 0.29) is 23.3 Å². The van der Waals surface area contributed by atoms with Crippen LogP contribution in [-0.2, 0) is 6.11 Å². The third-order valence-electron chi connectivity index (χ3n) is 8.32. The van der Waals surface area contributed by atoms with Crippen LogP contribution >= 0.6 is 0 Å². The van der Waals surface area contributed by atoms with Crippen molar-refractivity contribution in [3.8, 4) is 28.0 Å². The van der Waals surface area contributed by atoms with Crippen molar-refractivity contribution in [2.75, 3.05) is 0 Å². The molecule has 1 aliphatic rings. The molecule has 44 heavy (non-hydrogen) atoms. The molecule has 0 N–H and O–H groups in total. The first-order valence-corrected chi connectivity index (χ1v) is 14.6. The van der Waals surface area contributed by atoms with Crippen molar-refractivity contribution < 1.29 is 39.9 Å². The molecule has 232 valence electrons. The maximum Gasteiger partial charge on any atom is 0.432 e. The Morgan fingerprint density at radius 2 is 1.27 bits per heavy atom. The van der Waals surface area contributed by atoms with E-state index in [1.54, 1.807) is 6.07 Å². The fourth-order valence-electron chi connectivity index (χ4n) is 6.08. The van der Waals surface area contributed by atoms with Crippen molar-refractivity contribution in [2.45, 2.75) is 63.9 Å². The Morgan fingerprint density at radius 1 is 0.659 bits per heavy atom. The summed E-state index contributed by atoms with van der Waals surface area (Å²) in [5.74, 6) is -9.92. The average molecular weight is 619 g/mol. The summed E-state index contributed by atoms with van der Waals surface area (Å²) in [6, 6.07) is 13.2. The summed E-state index contributed by atoms with van der Waals surface area (Å²) in [4.78, 5) is 0. The summed E-state index contributed by atoms with van der Waals surface area (Å²) >= 11 is 0. The van der Waals surface area contributed by atoms with Gasteiger partial charge in [0.15, 0.2) is 17.5 Å². The Balaban J connectivity index is 1.34. The fourth-order valence-corrected chi connectivity index (χ4v) is 6.08. The molecule has 2 unspecified atom stereocenters. The molecule has 5 rings (SSSR count). The van der Waals surface area contributed by atoms with E-state index in [0.29, 0.717) is 23.6 Å². The van der Waals surface area contributed by atoms with Gasteiger partial charge in [-0.1, -0.05) is 69.0 Å². The van der Waals surface area contributed by atoms with Crippen LogP contribution in [0.1, 0.15) is 68.9 Å². The summed E-state index contributed by atoms with van der Waals surface area (Å²) in [6.07, 6.45) is 3.67. The Kier molecular flexibility index (Phi) is 9.32. The standard InChI is InChI=1S/C35H30F8O/c1-2-4-20-5-3-6-21(8-7-20)22-9-11-23(12-10-22)24-13-14-27(28(36)15-24)25-16-29(37)33(30(38)17-25)35(42,43)44-26-18-31(39)34(41)32(40)19-26/h9-21H,2-8H2,1H3. The van der Waals surface area contributed by atoms with Gasteiger partial charge in [-0.2, -0.15) is 8.78 Å². The van der Waals surface area contributed by atoms with Crippen LogP contribution in [0.2, 0.25) is 0 Å². The lowest BCUT2D eigenvalue weighted by Crippen LogP contribution is -2.25. The molecule has 2 atom stereocenters. The molecule has 1 aliphatic carbocycles. The molecule has 0 radical (unpaired) electrons. The highest BCUT2D eigenvalue weighted by atomic mass is 19.3. The number of rotatable bonds is 8. The highest BCUT2D eigenvalue weighted by molar-refractivity contribution is 5.71. The van der Waals surface area contributed by atoms with Crippen LogP contribution in [0.5, 0.6) is 5.75 Å². The van der Waals surface area contributed by atoms with Gasteiger partial charge >= 0.3 is 6.11 Å². The molecule has 1 nitrogen and oxygen atoms in total. The van der Waals surface area contributed by atoms with Crippen molar-refractivity contribution in [3.63, 3.8) is 0 Å². The minimum atomic E-state index is -4.74. The number of ether oxygens (including phenoxy) is 1. The van der Waals surface area contributed by atoms with Crippen LogP contribution in [0.15, 0.2) is 66.7 Å². The van der Waals surface area contributed by atoms with Crippen molar-refractivity contribution >= 4 is 0 Å². The van der Waals surface area contributed by atoms with Gasteiger partial charge < -0.3 is 4.74 Å². The minimum absolute atomic E-state index is 0.112. The molecule has 0 heterocycles. The van der Waals surface area contributed by atoms with E-state index < -0.39 is 52.3 Å². The lowest BCUT2D eigenvalue weighted by Gasteiger charge is -2.20. The van der Waals surface area contributed by atoms with Crippen molar-refractivity contribution in [2.24, 2.45) is 5.92 Å². The predicted molar refractivity (Wildman–Crippen MR) is 152 cm³/mol. The SMILES string of the molecule is CCCC1CCCC(c2ccc(-c3ccc(-c4cc(F)c(C(F)(F)Oc5cc(F)c(F)c(F)c5)c(F)c4)c(F)c3)cc2)CC1. The second-order valence-electron chi connectivity index (χ2n) is 11.3. The highest BCUT2D eigenvalue weighted by Crippen LogP contribution is 2.39. The van der Waals surface area contributed by atoms with Crippen LogP contribution in [0.25, 0.3) is 22.3 Å². The van der Waals surface area contributed by atoms with Crippen molar-refractivity contribution in [3.05, 3.63) is 113 Å². The second kappa shape index (κ2) is 13.0. The van der Waals surface area contributed by atoms with Crippen LogP contribution in [-0.4, -0.2) is 0 Å². The average Bonchev–Trinajstić information content (AvgIpc) is 3.21. The fraction of sp³-hybridized carbons (Fsp3) is 0.314. The number of halogens is 8. The Labute approximate surface area is 250 Å². The van der Waals surface area contributed by atoms with E-state index in [2.05, 4.69) is 11.7 Å². The summed E-state index contributed by atoms with van der Waals surface area (Å²) in [5, 5.41) is 0. The predicted octanol–water partition coefficient (Wildman–Crippen LogP) is 11.4. The van der Waals surface area contributed by atoms with Crippen LogP contribution in [0.3, 0.4) is 0 Å². The van der Waals surface area contributed by atoms with E-state index in [1.165, 1.54) is 49.8 Å². The first kappa shape index (κ1) is 31.5. The zero-order valence-electron chi connectivity index (χ0n) is 23.9. The minimum Gasteiger partial charge on any atom is -0.429 e. The Bertz CT molecular complexity index is 1590. The normalized spacial score (nSPS) is 17.4. The van der Waals surface area contributed by atoms with E-state index in [1.807, 2.05) is 24.3 Å². The summed E-state index contributed by atoms with van der Waals surface area (Å²) in [7, 11) is 0. The third kappa shape index (κ3) is 6.76. The van der Waals surface area contributed by atoms with Crippen LogP contribution < -0.4 is 4.74 Å². The van der Waals surface area contributed by atoms with Crippen molar-refractivity contribution in [1.29, 1.82) is 0 Å². The molecule has 9 heteroatoms. The molecule has 4 aromatic carbocycles. The molecule has 4 aromatic rings. The number of alkyl halides is 2. The van der Waals surface area contributed by atoms with Gasteiger partial charge in [0.1, 0.15) is 28.8 Å². The van der Waals surface area contributed by atoms with E-state index in [9.17, 15) is 30.7 Å². The molecular formula is C35H30F8O. The maximum absolute atomic E-state index is 15.2. The van der Waals surface area contributed by atoms with Crippen molar-refractivity contribution in [1.82, 2.24) is 0 Å². The van der Waals surface area contributed by atoms with Gasteiger partial charge in [0, 0.05) is 17.7 Å². The van der Waals surface area contributed by atoms with Gasteiger partial charge in [-0.25, -0.2) is 26.3 Å². The van der Waals surface area contributed by atoms with Crippen LogP contribution in [0, 0.1) is 40.8 Å². The number of benzene rings is 4. The lowest BCUT2D eigenvalue weighted by atomic mass is 9.89. The van der Waals surface area contributed by atoms with Crippen LogP contribution in [0.4, 0.5) is 35.1 Å². The molecule has 0 amide bonds. The third-order valence-corrected chi connectivity index (χ3v) is 8.32. The zero-order valence-corrected chi connectivity index (χ0v) is 23.9. The largest absolute Gasteiger partial charge is 0.432 e. The van der Waals surface area contributed by atoms with Gasteiger partial charge in [0.05, 0.1) is 0 Å². The van der Waals surface area contributed by atoms with E-state index in [4.69, 9.17) is 0 Å². The van der Waals surface area contributed by atoms with E-state index in [0.717, 1.165) is 24.3 Å². The summed E-state index contributed by atoms with van der Waals surface area (Å²) in [6.45, 7) is 2.22. The number of hydrogen-bond donors (Lipinski definition) is 0. The summed E-state index contributed by atoms with van der Waals surface area (Å²) in [5.41, 5.74) is 0.0598. The monoisotopic (exact) mass is 618 g/mol. The van der Waals surface area contributed by atoms with Gasteiger partial charge in [-0.3, -0.25) is 0 Å². The summed E-state index contributed by atoms with van der Waals surface area (Å²) < 4.78 is 118. The van der Waals surface area contributed by atoms with Gasteiger partial charge in [-0.05, 0) is 71.6 Å². The molecular weight excluding hydrogens is 588 g/mol. The molecule has 1 fully saturated rings. The quantitative estimate of drug-likeness (QED) is 0.108. The lowest BCUT2D eigenvalue weighted by molar-refractivity contribution is -0.189. The maximum atomic E-state index is 15.2. The molecule has 0 bridgehead atoms. The smallest absolute Gasteiger partial charge is 0.429 e. The topological polar surface area (TPSA) is 9.23 Å². The molecule has 0 aromatic heterocycles. The molecule has 0 aliphatic heterocycles. The Morgan fingerprint density at radius 3 is 1.89 bits per heavy atom.